The molecule has 2 amide bonds. The Morgan fingerprint density at radius 2 is 1.73 bits per heavy atom. The molecule has 0 aliphatic carbocycles. The van der Waals surface area contributed by atoms with E-state index in [2.05, 4.69) is 20.8 Å². The van der Waals surface area contributed by atoms with Crippen molar-refractivity contribution < 1.29 is 27.5 Å². The molecule has 40 heavy (non-hydrogen) atoms. The summed E-state index contributed by atoms with van der Waals surface area (Å²) in [6.45, 7) is 3.73. The van der Waals surface area contributed by atoms with Crippen LogP contribution in [0.2, 0.25) is 0 Å². The van der Waals surface area contributed by atoms with Gasteiger partial charge in [-0.2, -0.15) is 13.2 Å². The van der Waals surface area contributed by atoms with E-state index in [-0.39, 0.29) is 40.8 Å². The van der Waals surface area contributed by atoms with Crippen molar-refractivity contribution >= 4 is 29.3 Å². The minimum atomic E-state index is -4.56. The number of carbonyl (C=O) groups excluding carboxylic acids is 2. The highest BCUT2D eigenvalue weighted by atomic mass is 32.2. The lowest BCUT2D eigenvalue weighted by molar-refractivity contribution is -0.137. The number of nitrogens with one attached hydrogen (secondary N) is 2. The van der Waals surface area contributed by atoms with Gasteiger partial charge in [0.1, 0.15) is 5.75 Å². The van der Waals surface area contributed by atoms with Crippen LogP contribution in [-0.4, -0.2) is 39.4 Å². The zero-order valence-corrected chi connectivity index (χ0v) is 22.7. The van der Waals surface area contributed by atoms with Crippen molar-refractivity contribution in [2.45, 2.75) is 31.7 Å². The van der Waals surface area contributed by atoms with Gasteiger partial charge in [0, 0.05) is 11.3 Å². The molecule has 4 rings (SSSR count). The molecule has 1 aromatic heterocycles. The van der Waals surface area contributed by atoms with E-state index >= 15 is 0 Å². The maximum absolute atomic E-state index is 13.5. The molecule has 0 fully saturated rings. The average molecular weight is 570 g/mol. The minimum absolute atomic E-state index is 0.0852. The van der Waals surface area contributed by atoms with Gasteiger partial charge >= 0.3 is 6.18 Å². The van der Waals surface area contributed by atoms with Gasteiger partial charge in [-0.1, -0.05) is 23.9 Å². The zero-order chi connectivity index (χ0) is 28.9. The normalized spacial score (nSPS) is 11.2. The predicted molar refractivity (Wildman–Crippen MR) is 146 cm³/mol. The van der Waals surface area contributed by atoms with E-state index in [0.717, 1.165) is 35.0 Å². The summed E-state index contributed by atoms with van der Waals surface area (Å²) in [6, 6.07) is 16.7. The number of carbonyl (C=O) groups is 2. The first-order valence-electron chi connectivity index (χ1n) is 12.1. The molecule has 2 N–H and O–H groups in total. The van der Waals surface area contributed by atoms with Crippen molar-refractivity contribution in [1.29, 1.82) is 0 Å². The fourth-order valence-electron chi connectivity index (χ4n) is 3.73. The Hall–Kier alpha value is -4.32. The summed E-state index contributed by atoms with van der Waals surface area (Å²) in [4.78, 5) is 25.3. The van der Waals surface area contributed by atoms with Gasteiger partial charge in [-0.25, -0.2) is 0 Å². The van der Waals surface area contributed by atoms with Crippen LogP contribution in [0.3, 0.4) is 0 Å². The molecule has 0 spiro atoms. The number of benzene rings is 3. The molecule has 0 atom stereocenters. The van der Waals surface area contributed by atoms with Crippen molar-refractivity contribution in [3.8, 4) is 11.4 Å². The molecule has 4 aromatic rings. The highest BCUT2D eigenvalue weighted by Crippen LogP contribution is 2.32. The molecule has 0 aliphatic rings. The Balaban J connectivity index is 1.55. The second kappa shape index (κ2) is 12.2. The first-order valence-corrected chi connectivity index (χ1v) is 13.1. The summed E-state index contributed by atoms with van der Waals surface area (Å²) >= 11 is 1.00. The molecule has 0 bridgehead atoms. The van der Waals surface area contributed by atoms with E-state index in [0.29, 0.717) is 17.0 Å². The Morgan fingerprint density at radius 3 is 2.40 bits per heavy atom. The number of nitrogens with zero attached hydrogens (tertiary/aromatic N) is 3. The lowest BCUT2D eigenvalue weighted by Gasteiger charge is -2.14. The van der Waals surface area contributed by atoms with E-state index in [4.69, 9.17) is 4.74 Å². The molecule has 0 radical (unpaired) electrons. The number of rotatable bonds is 9. The van der Waals surface area contributed by atoms with Gasteiger partial charge in [-0.05, 0) is 79.6 Å². The molecule has 208 valence electrons. The quantitative estimate of drug-likeness (QED) is 0.256. The van der Waals surface area contributed by atoms with Crippen LogP contribution < -0.4 is 15.4 Å². The van der Waals surface area contributed by atoms with E-state index in [1.165, 1.54) is 23.8 Å². The number of hydrogen-bond acceptors (Lipinski definition) is 6. The summed E-state index contributed by atoms with van der Waals surface area (Å²) in [7, 11) is 1.54. The van der Waals surface area contributed by atoms with Crippen LogP contribution in [-0.2, 0) is 17.5 Å². The highest BCUT2D eigenvalue weighted by Gasteiger charge is 2.31. The monoisotopic (exact) mass is 569 g/mol. The van der Waals surface area contributed by atoms with E-state index in [1.54, 1.807) is 36.4 Å². The Bertz CT molecular complexity index is 1520. The van der Waals surface area contributed by atoms with E-state index in [9.17, 15) is 22.8 Å². The zero-order valence-electron chi connectivity index (χ0n) is 21.9. The number of alkyl halides is 3. The van der Waals surface area contributed by atoms with Gasteiger partial charge < -0.3 is 15.4 Å². The molecular weight excluding hydrogens is 543 g/mol. The number of aryl methyl sites for hydroxylation is 2. The van der Waals surface area contributed by atoms with Crippen LogP contribution in [0.5, 0.6) is 5.75 Å². The fraction of sp³-hybridized carbons (Fsp3) is 0.214. The molecule has 0 saturated heterocycles. The van der Waals surface area contributed by atoms with Gasteiger partial charge in [-0.3, -0.25) is 14.2 Å². The van der Waals surface area contributed by atoms with Crippen LogP contribution in [0.4, 0.5) is 18.9 Å². The Kier molecular flexibility index (Phi) is 8.78. The molecule has 12 heteroatoms. The number of methoxy groups -OCH3 is 1. The van der Waals surface area contributed by atoms with Gasteiger partial charge in [-0.15, -0.1) is 10.2 Å². The number of ether oxygens (including phenoxy) is 1. The maximum atomic E-state index is 13.5. The molecule has 3 aromatic carbocycles. The number of halogens is 3. The van der Waals surface area contributed by atoms with Crippen molar-refractivity contribution in [3.63, 3.8) is 0 Å². The predicted octanol–water partition coefficient (Wildman–Crippen LogP) is 5.57. The van der Waals surface area contributed by atoms with Crippen molar-refractivity contribution in [3.05, 3.63) is 94.8 Å². The second-order valence-corrected chi connectivity index (χ2v) is 9.77. The average Bonchev–Trinajstić information content (AvgIpc) is 3.35. The van der Waals surface area contributed by atoms with Crippen molar-refractivity contribution in [2.24, 2.45) is 0 Å². The second-order valence-electron chi connectivity index (χ2n) is 8.83. The van der Waals surface area contributed by atoms with Crippen molar-refractivity contribution in [1.82, 2.24) is 20.1 Å². The first-order chi connectivity index (χ1) is 19.0. The smallest absolute Gasteiger partial charge is 0.416 e. The van der Waals surface area contributed by atoms with Gasteiger partial charge in [0.2, 0.25) is 5.91 Å². The third-order valence-electron chi connectivity index (χ3n) is 6.01. The largest absolute Gasteiger partial charge is 0.497 e. The Morgan fingerprint density at radius 1 is 0.975 bits per heavy atom. The van der Waals surface area contributed by atoms with Gasteiger partial charge in [0.15, 0.2) is 11.0 Å². The SMILES string of the molecule is COc1ccc(NC(=O)CSc2nnc(CNC(=O)c3ccc(C)c(C)c3)n2-c2cccc(C(F)(F)F)c2)cc1. The van der Waals surface area contributed by atoms with Gasteiger partial charge in [0.25, 0.3) is 5.91 Å². The number of anilines is 1. The van der Waals surface area contributed by atoms with Crippen LogP contribution in [0, 0.1) is 13.8 Å². The van der Waals surface area contributed by atoms with E-state index < -0.39 is 11.7 Å². The van der Waals surface area contributed by atoms with Gasteiger partial charge in [0.05, 0.1) is 30.7 Å². The fourth-order valence-corrected chi connectivity index (χ4v) is 4.51. The van der Waals surface area contributed by atoms with Crippen LogP contribution in [0.15, 0.2) is 71.9 Å². The van der Waals surface area contributed by atoms with Crippen LogP contribution in [0.1, 0.15) is 32.9 Å². The minimum Gasteiger partial charge on any atom is -0.497 e. The van der Waals surface area contributed by atoms with Crippen LogP contribution in [0.25, 0.3) is 5.69 Å². The summed E-state index contributed by atoms with van der Waals surface area (Å²) in [6.07, 6.45) is -4.56. The summed E-state index contributed by atoms with van der Waals surface area (Å²) in [5.41, 5.74) is 2.29. The molecular formula is C28H26F3N5O3S. The topological polar surface area (TPSA) is 98.1 Å². The van der Waals surface area contributed by atoms with Crippen molar-refractivity contribution in [2.75, 3.05) is 18.2 Å². The standard InChI is InChI=1S/C28H26F3N5O3S/c1-17-7-8-19(13-18(17)2)26(38)32-15-24-34-35-27(36(24)22-6-4-5-20(14-22)28(29,30)31)40-16-25(37)33-21-9-11-23(39-3)12-10-21/h4-14H,15-16H2,1-3H3,(H,32,38)(H,33,37). The highest BCUT2D eigenvalue weighted by molar-refractivity contribution is 7.99. The number of amides is 2. The molecule has 0 aliphatic heterocycles. The summed E-state index contributed by atoms with van der Waals surface area (Å²) in [5, 5.41) is 13.9. The molecule has 0 saturated carbocycles. The van der Waals surface area contributed by atoms with Crippen LogP contribution >= 0.6 is 11.8 Å². The lowest BCUT2D eigenvalue weighted by Crippen LogP contribution is -2.25. The maximum Gasteiger partial charge on any atom is 0.416 e. The van der Waals surface area contributed by atoms with E-state index in [1.807, 2.05) is 19.9 Å². The number of aromatic nitrogens is 3. The summed E-state index contributed by atoms with van der Waals surface area (Å²) < 4.78 is 46.9. The third-order valence-corrected chi connectivity index (χ3v) is 6.94. The number of hydrogen-bond donors (Lipinski definition) is 2. The Labute approximate surface area is 233 Å². The summed E-state index contributed by atoms with van der Waals surface area (Å²) in [5.74, 6) is 0.0411. The molecule has 1 heterocycles. The number of thioether (sulfide) groups is 1. The lowest BCUT2D eigenvalue weighted by atomic mass is 10.1. The molecule has 8 nitrogen and oxygen atoms in total. The first kappa shape index (κ1) is 28.7. The third kappa shape index (κ3) is 7.00. The molecule has 0 unspecified atom stereocenters.